The summed E-state index contributed by atoms with van der Waals surface area (Å²) in [6, 6.07) is 1.82. The standard InChI is InChI=1S/C11H17N3O2/c1-2-16-11-6-10(12-8-13-11)14-5-3-4-9(15)7-14/h6,8-9,15H,2-5,7H2,1H3. The molecular weight excluding hydrogens is 206 g/mol. The molecule has 1 aliphatic heterocycles. The first-order valence-corrected chi connectivity index (χ1v) is 5.67. The van der Waals surface area contributed by atoms with Gasteiger partial charge in [-0.05, 0) is 19.8 Å². The number of anilines is 1. The first kappa shape index (κ1) is 11.1. The van der Waals surface area contributed by atoms with Crippen molar-refractivity contribution < 1.29 is 9.84 Å². The number of nitrogens with zero attached hydrogens (tertiary/aromatic N) is 3. The summed E-state index contributed by atoms with van der Waals surface area (Å²) in [5.74, 6) is 1.42. The van der Waals surface area contributed by atoms with Crippen LogP contribution in [-0.2, 0) is 0 Å². The fourth-order valence-electron chi connectivity index (χ4n) is 1.89. The molecule has 0 aromatic carbocycles. The van der Waals surface area contributed by atoms with Crippen molar-refractivity contribution in [3.8, 4) is 5.88 Å². The van der Waals surface area contributed by atoms with E-state index in [1.165, 1.54) is 6.33 Å². The van der Waals surface area contributed by atoms with Gasteiger partial charge in [0.1, 0.15) is 12.1 Å². The fourth-order valence-corrected chi connectivity index (χ4v) is 1.89. The Morgan fingerprint density at radius 2 is 2.44 bits per heavy atom. The largest absolute Gasteiger partial charge is 0.478 e. The minimum absolute atomic E-state index is 0.251. The third-order valence-corrected chi connectivity index (χ3v) is 2.64. The minimum atomic E-state index is -0.251. The second-order valence-electron chi connectivity index (χ2n) is 3.89. The topological polar surface area (TPSA) is 58.5 Å². The van der Waals surface area contributed by atoms with Crippen molar-refractivity contribution in [2.75, 3.05) is 24.6 Å². The second-order valence-corrected chi connectivity index (χ2v) is 3.89. The first-order chi connectivity index (χ1) is 7.79. The molecular formula is C11H17N3O2. The summed E-state index contributed by atoms with van der Waals surface area (Å²) in [6.07, 6.45) is 3.12. The summed E-state index contributed by atoms with van der Waals surface area (Å²) in [5, 5.41) is 9.60. The third kappa shape index (κ3) is 2.61. The lowest BCUT2D eigenvalue weighted by Crippen LogP contribution is -2.38. The van der Waals surface area contributed by atoms with Gasteiger partial charge in [-0.2, -0.15) is 0 Å². The number of aliphatic hydroxyl groups excluding tert-OH is 1. The van der Waals surface area contributed by atoms with E-state index in [0.717, 1.165) is 25.2 Å². The van der Waals surface area contributed by atoms with Crippen LogP contribution in [-0.4, -0.2) is 40.9 Å². The van der Waals surface area contributed by atoms with Crippen LogP contribution in [0.3, 0.4) is 0 Å². The molecule has 0 saturated carbocycles. The lowest BCUT2D eigenvalue weighted by molar-refractivity contribution is 0.154. The Bertz CT molecular complexity index is 346. The zero-order chi connectivity index (χ0) is 11.4. The van der Waals surface area contributed by atoms with Gasteiger partial charge in [-0.25, -0.2) is 9.97 Å². The molecule has 1 unspecified atom stereocenters. The van der Waals surface area contributed by atoms with Crippen LogP contribution in [0.2, 0.25) is 0 Å². The van der Waals surface area contributed by atoms with E-state index in [1.54, 1.807) is 0 Å². The molecule has 2 heterocycles. The molecule has 1 aromatic rings. The normalized spacial score (nSPS) is 20.9. The van der Waals surface area contributed by atoms with Gasteiger partial charge < -0.3 is 14.7 Å². The Labute approximate surface area is 95.1 Å². The summed E-state index contributed by atoms with van der Waals surface area (Å²) < 4.78 is 5.32. The summed E-state index contributed by atoms with van der Waals surface area (Å²) in [7, 11) is 0. The van der Waals surface area contributed by atoms with Gasteiger partial charge in [0.2, 0.25) is 5.88 Å². The number of hydrogen-bond acceptors (Lipinski definition) is 5. The van der Waals surface area contributed by atoms with Crippen molar-refractivity contribution in [1.29, 1.82) is 0 Å². The number of hydrogen-bond donors (Lipinski definition) is 1. The average Bonchev–Trinajstić information content (AvgIpc) is 2.30. The van der Waals surface area contributed by atoms with Crippen LogP contribution < -0.4 is 9.64 Å². The van der Waals surface area contributed by atoms with E-state index >= 15 is 0 Å². The highest BCUT2D eigenvalue weighted by atomic mass is 16.5. The van der Waals surface area contributed by atoms with Gasteiger partial charge in [0, 0.05) is 19.2 Å². The molecule has 0 aliphatic carbocycles. The highest BCUT2D eigenvalue weighted by Crippen LogP contribution is 2.20. The van der Waals surface area contributed by atoms with E-state index in [-0.39, 0.29) is 6.10 Å². The van der Waals surface area contributed by atoms with Crippen LogP contribution in [0.25, 0.3) is 0 Å². The summed E-state index contributed by atoms with van der Waals surface area (Å²) in [4.78, 5) is 10.3. The van der Waals surface area contributed by atoms with Crippen molar-refractivity contribution >= 4 is 5.82 Å². The molecule has 0 radical (unpaired) electrons. The minimum Gasteiger partial charge on any atom is -0.478 e. The Morgan fingerprint density at radius 1 is 1.56 bits per heavy atom. The highest BCUT2D eigenvalue weighted by Gasteiger charge is 2.19. The molecule has 1 saturated heterocycles. The van der Waals surface area contributed by atoms with Gasteiger partial charge in [-0.1, -0.05) is 0 Å². The molecule has 1 fully saturated rings. The molecule has 0 bridgehead atoms. The maximum Gasteiger partial charge on any atom is 0.218 e. The van der Waals surface area contributed by atoms with Gasteiger partial charge in [-0.15, -0.1) is 0 Å². The smallest absolute Gasteiger partial charge is 0.218 e. The number of ether oxygens (including phenoxy) is 1. The lowest BCUT2D eigenvalue weighted by Gasteiger charge is -2.30. The van der Waals surface area contributed by atoms with Gasteiger partial charge in [0.15, 0.2) is 0 Å². The van der Waals surface area contributed by atoms with Gasteiger partial charge in [0.25, 0.3) is 0 Å². The molecule has 88 valence electrons. The molecule has 0 amide bonds. The maximum absolute atomic E-state index is 9.60. The fraction of sp³-hybridized carbons (Fsp3) is 0.636. The third-order valence-electron chi connectivity index (χ3n) is 2.64. The molecule has 2 rings (SSSR count). The monoisotopic (exact) mass is 223 g/mol. The number of aliphatic hydroxyl groups is 1. The zero-order valence-corrected chi connectivity index (χ0v) is 9.46. The molecule has 5 nitrogen and oxygen atoms in total. The number of β-amino-alcohol motifs (C(OH)–C–C–N with tert-alkyl or cyclic N) is 1. The zero-order valence-electron chi connectivity index (χ0n) is 9.46. The van der Waals surface area contributed by atoms with Crippen LogP contribution in [0.5, 0.6) is 5.88 Å². The van der Waals surface area contributed by atoms with Crippen LogP contribution in [0, 0.1) is 0 Å². The van der Waals surface area contributed by atoms with Crippen molar-refractivity contribution in [2.45, 2.75) is 25.9 Å². The van der Waals surface area contributed by atoms with E-state index in [1.807, 2.05) is 13.0 Å². The Morgan fingerprint density at radius 3 is 3.19 bits per heavy atom. The number of aromatic nitrogens is 2. The van der Waals surface area contributed by atoms with E-state index in [9.17, 15) is 5.11 Å². The molecule has 1 atom stereocenters. The Kier molecular flexibility index (Phi) is 3.56. The van der Waals surface area contributed by atoms with Gasteiger partial charge in [0.05, 0.1) is 12.7 Å². The quantitative estimate of drug-likeness (QED) is 0.822. The van der Waals surface area contributed by atoms with E-state index in [0.29, 0.717) is 19.0 Å². The highest BCUT2D eigenvalue weighted by molar-refractivity contribution is 5.41. The Balaban J connectivity index is 2.09. The van der Waals surface area contributed by atoms with Crippen LogP contribution in [0.4, 0.5) is 5.82 Å². The van der Waals surface area contributed by atoms with Crippen molar-refractivity contribution in [1.82, 2.24) is 9.97 Å². The average molecular weight is 223 g/mol. The van der Waals surface area contributed by atoms with Crippen LogP contribution in [0.1, 0.15) is 19.8 Å². The van der Waals surface area contributed by atoms with Gasteiger partial charge >= 0.3 is 0 Å². The molecule has 1 aromatic heterocycles. The number of rotatable bonds is 3. The summed E-state index contributed by atoms with van der Waals surface area (Å²) >= 11 is 0. The Hall–Kier alpha value is -1.36. The summed E-state index contributed by atoms with van der Waals surface area (Å²) in [6.45, 7) is 4.09. The SMILES string of the molecule is CCOc1cc(N2CCCC(O)C2)ncn1. The molecule has 16 heavy (non-hydrogen) atoms. The molecule has 1 aliphatic rings. The summed E-state index contributed by atoms with van der Waals surface area (Å²) in [5.41, 5.74) is 0. The van der Waals surface area contributed by atoms with E-state index in [2.05, 4.69) is 14.9 Å². The van der Waals surface area contributed by atoms with Crippen molar-refractivity contribution in [3.63, 3.8) is 0 Å². The predicted octanol–water partition coefficient (Wildman–Crippen LogP) is 0.836. The van der Waals surface area contributed by atoms with Crippen molar-refractivity contribution in [2.24, 2.45) is 0 Å². The first-order valence-electron chi connectivity index (χ1n) is 5.67. The lowest BCUT2D eigenvalue weighted by atomic mass is 10.1. The van der Waals surface area contributed by atoms with Gasteiger partial charge in [-0.3, -0.25) is 0 Å². The number of piperidine rings is 1. The molecule has 5 heteroatoms. The predicted molar refractivity (Wildman–Crippen MR) is 60.7 cm³/mol. The molecule has 1 N–H and O–H groups in total. The second kappa shape index (κ2) is 5.12. The van der Waals surface area contributed by atoms with E-state index in [4.69, 9.17) is 4.74 Å². The van der Waals surface area contributed by atoms with Crippen LogP contribution in [0.15, 0.2) is 12.4 Å². The van der Waals surface area contributed by atoms with E-state index < -0.39 is 0 Å². The van der Waals surface area contributed by atoms with Crippen molar-refractivity contribution in [3.05, 3.63) is 12.4 Å². The van der Waals surface area contributed by atoms with Crippen LogP contribution >= 0.6 is 0 Å². The maximum atomic E-state index is 9.60. The molecule has 0 spiro atoms.